The Kier molecular flexibility index (Phi) is 3.78. The maximum Gasteiger partial charge on any atom is 0.317 e. The summed E-state index contributed by atoms with van der Waals surface area (Å²) in [4.78, 5) is 24.2. The number of aliphatic carboxylic acids is 1. The standard InChI is InChI=1S/C11H20N2O3/c1-11(2,3)12-10(16)13-6-4-5-8(7-13)9(14)15/h8H,4-7H2,1-3H3,(H,12,16)(H,14,15)/t8-/m1/s1. The third kappa shape index (κ3) is 3.72. The van der Waals surface area contributed by atoms with Gasteiger partial charge in [-0.05, 0) is 33.6 Å². The molecule has 1 saturated heterocycles. The third-order valence-electron chi connectivity index (χ3n) is 2.54. The molecule has 0 aromatic carbocycles. The molecular formula is C11H20N2O3. The fourth-order valence-corrected chi connectivity index (χ4v) is 1.76. The monoisotopic (exact) mass is 228 g/mol. The molecule has 0 unspecified atom stereocenters. The minimum atomic E-state index is -0.812. The molecule has 0 radical (unpaired) electrons. The predicted molar refractivity (Wildman–Crippen MR) is 60.2 cm³/mol. The highest BCUT2D eigenvalue weighted by molar-refractivity contribution is 5.77. The van der Waals surface area contributed by atoms with Crippen molar-refractivity contribution in [3.8, 4) is 0 Å². The molecule has 0 saturated carbocycles. The lowest BCUT2D eigenvalue weighted by Gasteiger charge is -2.33. The summed E-state index contributed by atoms with van der Waals surface area (Å²) < 4.78 is 0. The Morgan fingerprint density at radius 1 is 1.38 bits per heavy atom. The maximum atomic E-state index is 11.8. The Balaban J connectivity index is 2.54. The predicted octanol–water partition coefficient (Wildman–Crippen LogP) is 1.29. The molecule has 1 atom stereocenters. The molecule has 16 heavy (non-hydrogen) atoms. The van der Waals surface area contributed by atoms with Crippen LogP contribution in [0.1, 0.15) is 33.6 Å². The first-order valence-corrected chi connectivity index (χ1v) is 5.59. The summed E-state index contributed by atoms with van der Waals surface area (Å²) in [5, 5.41) is 11.8. The van der Waals surface area contributed by atoms with Crippen LogP contribution in [0.2, 0.25) is 0 Å². The molecular weight excluding hydrogens is 208 g/mol. The molecule has 5 nitrogen and oxygen atoms in total. The SMILES string of the molecule is CC(C)(C)NC(=O)N1CCC[C@@H](C(=O)O)C1. The van der Waals surface area contributed by atoms with Crippen LogP contribution in [0.3, 0.4) is 0 Å². The van der Waals surface area contributed by atoms with Crippen LogP contribution >= 0.6 is 0 Å². The molecule has 92 valence electrons. The van der Waals surface area contributed by atoms with Gasteiger partial charge in [0.15, 0.2) is 0 Å². The number of hydrogen-bond acceptors (Lipinski definition) is 2. The van der Waals surface area contributed by atoms with Crippen LogP contribution in [0.5, 0.6) is 0 Å². The number of rotatable bonds is 1. The number of carboxylic acid groups (broad SMARTS) is 1. The summed E-state index contributed by atoms with van der Waals surface area (Å²) >= 11 is 0. The molecule has 1 heterocycles. The van der Waals surface area contributed by atoms with Crippen LogP contribution in [-0.2, 0) is 4.79 Å². The van der Waals surface area contributed by atoms with Crippen LogP contribution in [-0.4, -0.2) is 40.6 Å². The van der Waals surface area contributed by atoms with E-state index in [1.165, 1.54) is 0 Å². The molecule has 1 aliphatic heterocycles. The first-order valence-electron chi connectivity index (χ1n) is 5.59. The molecule has 1 rings (SSSR count). The van der Waals surface area contributed by atoms with E-state index in [4.69, 9.17) is 5.11 Å². The second-order valence-corrected chi connectivity index (χ2v) is 5.30. The quantitative estimate of drug-likeness (QED) is 0.710. The third-order valence-corrected chi connectivity index (χ3v) is 2.54. The summed E-state index contributed by atoms with van der Waals surface area (Å²) in [6.07, 6.45) is 1.42. The molecule has 0 bridgehead atoms. The smallest absolute Gasteiger partial charge is 0.317 e. The van der Waals surface area contributed by atoms with Crippen molar-refractivity contribution >= 4 is 12.0 Å². The Morgan fingerprint density at radius 3 is 2.50 bits per heavy atom. The molecule has 0 aromatic rings. The number of nitrogens with zero attached hydrogens (tertiary/aromatic N) is 1. The number of likely N-dealkylation sites (tertiary alicyclic amines) is 1. The second-order valence-electron chi connectivity index (χ2n) is 5.30. The first-order chi connectivity index (χ1) is 7.29. The Hall–Kier alpha value is -1.26. The maximum absolute atomic E-state index is 11.8. The summed E-state index contributed by atoms with van der Waals surface area (Å²) in [5.74, 6) is -1.23. The van der Waals surface area contributed by atoms with Gasteiger partial charge in [-0.3, -0.25) is 4.79 Å². The Morgan fingerprint density at radius 2 is 2.00 bits per heavy atom. The van der Waals surface area contributed by atoms with E-state index in [0.717, 1.165) is 6.42 Å². The van der Waals surface area contributed by atoms with Crippen molar-refractivity contribution in [3.05, 3.63) is 0 Å². The molecule has 0 aliphatic carbocycles. The van der Waals surface area contributed by atoms with Crippen molar-refractivity contribution in [1.29, 1.82) is 0 Å². The number of carbonyl (C=O) groups excluding carboxylic acids is 1. The van der Waals surface area contributed by atoms with Crippen molar-refractivity contribution < 1.29 is 14.7 Å². The normalized spacial score (nSPS) is 21.7. The van der Waals surface area contributed by atoms with Crippen LogP contribution in [0, 0.1) is 5.92 Å². The van der Waals surface area contributed by atoms with Gasteiger partial charge in [0, 0.05) is 18.6 Å². The Labute approximate surface area is 95.8 Å². The van der Waals surface area contributed by atoms with E-state index >= 15 is 0 Å². The van der Waals surface area contributed by atoms with Gasteiger partial charge in [0.2, 0.25) is 0 Å². The van der Waals surface area contributed by atoms with E-state index in [2.05, 4.69) is 5.32 Å². The summed E-state index contributed by atoms with van der Waals surface area (Å²) in [6.45, 7) is 6.68. The van der Waals surface area contributed by atoms with Gasteiger partial charge in [-0.15, -0.1) is 0 Å². The van der Waals surface area contributed by atoms with Gasteiger partial charge in [-0.2, -0.15) is 0 Å². The van der Waals surface area contributed by atoms with E-state index in [9.17, 15) is 9.59 Å². The zero-order chi connectivity index (χ0) is 12.3. The summed E-state index contributed by atoms with van der Waals surface area (Å²) in [5.41, 5.74) is -0.284. The summed E-state index contributed by atoms with van der Waals surface area (Å²) in [6, 6.07) is -0.168. The molecule has 2 N–H and O–H groups in total. The van der Waals surface area contributed by atoms with Crippen molar-refractivity contribution in [2.24, 2.45) is 5.92 Å². The minimum absolute atomic E-state index is 0.168. The van der Waals surface area contributed by atoms with E-state index in [1.807, 2.05) is 20.8 Å². The van der Waals surface area contributed by atoms with Crippen molar-refractivity contribution in [1.82, 2.24) is 10.2 Å². The highest BCUT2D eigenvalue weighted by Crippen LogP contribution is 2.17. The number of piperidine rings is 1. The van der Waals surface area contributed by atoms with Gasteiger partial charge in [0.05, 0.1) is 5.92 Å². The zero-order valence-electron chi connectivity index (χ0n) is 10.1. The lowest BCUT2D eigenvalue weighted by molar-refractivity contribution is -0.143. The zero-order valence-corrected chi connectivity index (χ0v) is 10.1. The first kappa shape index (κ1) is 12.8. The number of urea groups is 1. The van der Waals surface area contributed by atoms with Gasteiger partial charge in [0.25, 0.3) is 0 Å². The highest BCUT2D eigenvalue weighted by atomic mass is 16.4. The Bertz CT molecular complexity index is 283. The molecule has 0 aromatic heterocycles. The molecule has 2 amide bonds. The van der Waals surface area contributed by atoms with Crippen molar-refractivity contribution in [2.45, 2.75) is 39.2 Å². The topological polar surface area (TPSA) is 69.6 Å². The lowest BCUT2D eigenvalue weighted by atomic mass is 9.98. The highest BCUT2D eigenvalue weighted by Gasteiger charge is 2.29. The van der Waals surface area contributed by atoms with E-state index < -0.39 is 11.9 Å². The van der Waals surface area contributed by atoms with E-state index in [-0.39, 0.29) is 11.6 Å². The van der Waals surface area contributed by atoms with Crippen LogP contribution in [0.4, 0.5) is 4.79 Å². The largest absolute Gasteiger partial charge is 0.481 e. The van der Waals surface area contributed by atoms with E-state index in [0.29, 0.717) is 19.5 Å². The van der Waals surface area contributed by atoms with Crippen LogP contribution in [0.25, 0.3) is 0 Å². The van der Waals surface area contributed by atoms with Gasteiger partial charge in [-0.25, -0.2) is 4.79 Å². The molecule has 0 spiro atoms. The minimum Gasteiger partial charge on any atom is -0.481 e. The van der Waals surface area contributed by atoms with Gasteiger partial charge >= 0.3 is 12.0 Å². The van der Waals surface area contributed by atoms with Crippen molar-refractivity contribution in [2.75, 3.05) is 13.1 Å². The van der Waals surface area contributed by atoms with Crippen LogP contribution < -0.4 is 5.32 Å². The van der Waals surface area contributed by atoms with Gasteiger partial charge < -0.3 is 15.3 Å². The number of carboxylic acids is 1. The molecule has 1 fully saturated rings. The second kappa shape index (κ2) is 4.72. The van der Waals surface area contributed by atoms with E-state index in [1.54, 1.807) is 4.90 Å². The fourth-order valence-electron chi connectivity index (χ4n) is 1.76. The number of amides is 2. The van der Waals surface area contributed by atoms with Gasteiger partial charge in [0.1, 0.15) is 0 Å². The lowest BCUT2D eigenvalue weighted by Crippen LogP contribution is -2.52. The number of carbonyl (C=O) groups is 2. The van der Waals surface area contributed by atoms with Crippen LogP contribution in [0.15, 0.2) is 0 Å². The fraction of sp³-hybridized carbons (Fsp3) is 0.818. The number of hydrogen-bond donors (Lipinski definition) is 2. The summed E-state index contributed by atoms with van der Waals surface area (Å²) in [7, 11) is 0. The molecule has 5 heteroatoms. The molecule has 1 aliphatic rings. The van der Waals surface area contributed by atoms with Gasteiger partial charge in [-0.1, -0.05) is 0 Å². The average molecular weight is 228 g/mol. The number of nitrogens with one attached hydrogen (secondary N) is 1. The average Bonchev–Trinajstić information content (AvgIpc) is 2.15. The van der Waals surface area contributed by atoms with Crippen molar-refractivity contribution in [3.63, 3.8) is 0 Å².